The molecule has 0 atom stereocenters. The van der Waals surface area contributed by atoms with Crippen molar-refractivity contribution in [2.24, 2.45) is 0 Å². The summed E-state index contributed by atoms with van der Waals surface area (Å²) in [6, 6.07) is 63.1. The van der Waals surface area contributed by atoms with Crippen molar-refractivity contribution in [2.75, 3.05) is 4.90 Å². The Bertz CT molecular complexity index is 2600. The number of benzene rings is 8. The van der Waals surface area contributed by atoms with E-state index < -0.39 is 0 Å². The van der Waals surface area contributed by atoms with Crippen LogP contribution in [0.5, 0.6) is 0 Å². The molecular weight excluding hydrogens is 583 g/mol. The van der Waals surface area contributed by atoms with Gasteiger partial charge in [0.2, 0.25) is 0 Å². The molecule has 0 bridgehead atoms. The van der Waals surface area contributed by atoms with Crippen LogP contribution < -0.4 is 4.90 Å². The highest BCUT2D eigenvalue weighted by atomic mass is 15.2. The maximum Gasteiger partial charge on any atom is 0.145 e. The van der Waals surface area contributed by atoms with Crippen LogP contribution in [0.4, 0.5) is 17.1 Å². The molecule has 224 valence electrons. The molecule has 48 heavy (non-hydrogen) atoms. The first-order valence-corrected chi connectivity index (χ1v) is 16.4. The maximum absolute atomic E-state index is 5.16. The molecule has 0 N–H and O–H groups in total. The molecule has 2 heterocycles. The first-order valence-electron chi connectivity index (χ1n) is 16.4. The van der Waals surface area contributed by atoms with Crippen LogP contribution in [0.2, 0.25) is 0 Å². The Kier molecular flexibility index (Phi) is 5.87. The molecule has 0 unspecified atom stereocenters. The summed E-state index contributed by atoms with van der Waals surface area (Å²) in [5.74, 6) is 0.957. The van der Waals surface area contributed by atoms with Crippen molar-refractivity contribution in [3.05, 3.63) is 176 Å². The topological polar surface area (TPSA) is 21.1 Å². The fourth-order valence-corrected chi connectivity index (χ4v) is 7.69. The summed E-state index contributed by atoms with van der Waals surface area (Å²) in [4.78, 5) is 7.54. The number of fused-ring (bicyclic) bond motifs is 4. The third-order valence-electron chi connectivity index (χ3n) is 9.70. The zero-order chi connectivity index (χ0) is 31.6. The Morgan fingerprint density at radius 3 is 1.44 bits per heavy atom. The number of nitrogens with zero attached hydrogens (tertiary/aromatic N) is 3. The van der Waals surface area contributed by atoms with Crippen LogP contribution in [0.25, 0.3) is 71.9 Å². The SMILES string of the molecule is c1ccc(-c2c3ccccc3c(-c3ccc(N4c5ccccc5-n5c(-c6ccccc6)nc6cccc4c65)cc3)c3ccccc23)cc1. The van der Waals surface area contributed by atoms with E-state index in [0.29, 0.717) is 0 Å². The second-order valence-electron chi connectivity index (χ2n) is 12.4. The van der Waals surface area contributed by atoms with E-state index in [9.17, 15) is 0 Å². The van der Waals surface area contributed by atoms with E-state index in [1.807, 2.05) is 0 Å². The smallest absolute Gasteiger partial charge is 0.145 e. The van der Waals surface area contributed by atoms with Crippen LogP contribution in [0.15, 0.2) is 176 Å². The molecule has 0 saturated heterocycles. The normalized spacial score (nSPS) is 12.1. The second-order valence-corrected chi connectivity index (χ2v) is 12.4. The largest absolute Gasteiger partial charge is 0.306 e. The third kappa shape index (κ3) is 3.91. The lowest BCUT2D eigenvalue weighted by Crippen LogP contribution is -2.18. The Balaban J connectivity index is 1.17. The summed E-state index contributed by atoms with van der Waals surface area (Å²) in [5.41, 5.74) is 12.7. The zero-order valence-corrected chi connectivity index (χ0v) is 26.1. The van der Waals surface area contributed by atoms with Crippen LogP contribution in [-0.2, 0) is 0 Å². The predicted molar refractivity (Wildman–Crippen MR) is 201 cm³/mol. The molecule has 1 aliphatic rings. The van der Waals surface area contributed by atoms with Gasteiger partial charge < -0.3 is 4.90 Å². The molecule has 10 rings (SSSR count). The summed E-state index contributed by atoms with van der Waals surface area (Å²) in [6.45, 7) is 0. The molecule has 3 heteroatoms. The van der Waals surface area contributed by atoms with Gasteiger partial charge >= 0.3 is 0 Å². The van der Waals surface area contributed by atoms with E-state index >= 15 is 0 Å². The van der Waals surface area contributed by atoms with Gasteiger partial charge in [-0.2, -0.15) is 0 Å². The van der Waals surface area contributed by atoms with Crippen molar-refractivity contribution < 1.29 is 0 Å². The lowest BCUT2D eigenvalue weighted by atomic mass is 9.86. The highest BCUT2D eigenvalue weighted by Crippen LogP contribution is 2.49. The van der Waals surface area contributed by atoms with Crippen LogP contribution in [0, 0.1) is 0 Å². The fraction of sp³-hybridized carbons (Fsp3) is 0. The number of imidazole rings is 1. The summed E-state index contributed by atoms with van der Waals surface area (Å²) in [5, 5.41) is 5.04. The first kappa shape index (κ1) is 26.7. The van der Waals surface area contributed by atoms with Crippen LogP contribution in [-0.4, -0.2) is 9.55 Å². The summed E-state index contributed by atoms with van der Waals surface area (Å²) in [6.07, 6.45) is 0. The van der Waals surface area contributed by atoms with Crippen molar-refractivity contribution >= 4 is 49.6 Å². The number of hydrogen-bond donors (Lipinski definition) is 0. The van der Waals surface area contributed by atoms with Crippen LogP contribution in [0.1, 0.15) is 0 Å². The lowest BCUT2D eigenvalue weighted by molar-refractivity contribution is 1.06. The highest BCUT2D eigenvalue weighted by molar-refractivity contribution is 6.21. The third-order valence-corrected chi connectivity index (χ3v) is 9.70. The lowest BCUT2D eigenvalue weighted by Gasteiger charge is -2.33. The fourth-order valence-electron chi connectivity index (χ4n) is 7.69. The minimum atomic E-state index is 0.957. The Morgan fingerprint density at radius 2 is 0.833 bits per heavy atom. The summed E-state index contributed by atoms with van der Waals surface area (Å²) in [7, 11) is 0. The molecule has 8 aromatic carbocycles. The average molecular weight is 612 g/mol. The molecule has 1 aromatic heterocycles. The van der Waals surface area contributed by atoms with Gasteiger partial charge in [0.15, 0.2) is 0 Å². The molecule has 0 aliphatic carbocycles. The van der Waals surface area contributed by atoms with E-state index in [2.05, 4.69) is 185 Å². The van der Waals surface area contributed by atoms with Crippen molar-refractivity contribution in [2.45, 2.75) is 0 Å². The van der Waals surface area contributed by atoms with Crippen LogP contribution in [0.3, 0.4) is 0 Å². The summed E-state index contributed by atoms with van der Waals surface area (Å²) >= 11 is 0. The van der Waals surface area contributed by atoms with E-state index in [4.69, 9.17) is 4.98 Å². The average Bonchev–Trinajstić information content (AvgIpc) is 3.56. The first-order chi connectivity index (χ1) is 23.8. The van der Waals surface area contributed by atoms with E-state index in [-0.39, 0.29) is 0 Å². The number of rotatable bonds is 4. The van der Waals surface area contributed by atoms with Gasteiger partial charge in [-0.05, 0) is 80.2 Å². The minimum absolute atomic E-state index is 0.957. The van der Waals surface area contributed by atoms with E-state index in [0.717, 1.165) is 45.2 Å². The molecule has 0 saturated carbocycles. The molecule has 3 nitrogen and oxygen atoms in total. The van der Waals surface area contributed by atoms with Gasteiger partial charge in [0.25, 0.3) is 0 Å². The predicted octanol–water partition coefficient (Wildman–Crippen LogP) is 12.1. The number of anilines is 3. The molecule has 0 radical (unpaired) electrons. The van der Waals surface area contributed by atoms with Crippen molar-refractivity contribution in [3.63, 3.8) is 0 Å². The Morgan fingerprint density at radius 1 is 0.354 bits per heavy atom. The van der Waals surface area contributed by atoms with Crippen molar-refractivity contribution in [1.29, 1.82) is 0 Å². The van der Waals surface area contributed by atoms with Gasteiger partial charge in [0, 0.05) is 11.3 Å². The van der Waals surface area contributed by atoms with Gasteiger partial charge in [0.1, 0.15) is 5.82 Å². The number of hydrogen-bond acceptors (Lipinski definition) is 2. The number of para-hydroxylation sites is 3. The quantitative estimate of drug-likeness (QED) is 0.185. The van der Waals surface area contributed by atoms with E-state index in [1.54, 1.807) is 0 Å². The van der Waals surface area contributed by atoms with E-state index in [1.165, 1.54) is 43.8 Å². The molecule has 0 fully saturated rings. The van der Waals surface area contributed by atoms with Gasteiger partial charge in [-0.3, -0.25) is 4.57 Å². The highest BCUT2D eigenvalue weighted by Gasteiger charge is 2.29. The monoisotopic (exact) mass is 611 g/mol. The summed E-state index contributed by atoms with van der Waals surface area (Å²) < 4.78 is 2.33. The van der Waals surface area contributed by atoms with Crippen molar-refractivity contribution in [1.82, 2.24) is 9.55 Å². The Hall–Kier alpha value is -6.45. The van der Waals surface area contributed by atoms with Gasteiger partial charge in [-0.15, -0.1) is 0 Å². The van der Waals surface area contributed by atoms with Gasteiger partial charge in [0.05, 0.1) is 28.1 Å². The molecule has 0 amide bonds. The molecule has 0 spiro atoms. The standard InChI is InChI=1S/C45H29N3/c1-3-14-30(15-4-1)42-34-18-7-9-20-36(34)43(37-21-10-8-19-35(37)42)31-26-28-33(29-27-31)47-39-23-11-12-24-40(39)48-44-38(22-13-25-41(44)47)46-45(48)32-16-5-2-6-17-32/h1-29H. The zero-order valence-electron chi connectivity index (χ0n) is 26.1. The van der Waals surface area contributed by atoms with Crippen molar-refractivity contribution in [3.8, 4) is 39.3 Å². The number of aromatic nitrogens is 2. The second kappa shape index (κ2) is 10.5. The maximum atomic E-state index is 5.16. The molecule has 1 aliphatic heterocycles. The minimum Gasteiger partial charge on any atom is -0.306 e. The molecular formula is C45H29N3. The molecule has 9 aromatic rings. The van der Waals surface area contributed by atoms with Crippen LogP contribution >= 0.6 is 0 Å². The Labute approximate surface area is 278 Å². The van der Waals surface area contributed by atoms with Gasteiger partial charge in [-0.25, -0.2) is 4.98 Å². The van der Waals surface area contributed by atoms with Gasteiger partial charge in [-0.1, -0.05) is 140 Å².